The average Bonchev–Trinajstić information content (AvgIpc) is 2.36. The molecule has 0 fully saturated rings. The summed E-state index contributed by atoms with van der Waals surface area (Å²) < 4.78 is 1.22. The Morgan fingerprint density at radius 1 is 1.05 bits per heavy atom. The predicted octanol–water partition coefficient (Wildman–Crippen LogP) is 4.77. The Bertz CT molecular complexity index is 577. The van der Waals surface area contributed by atoms with Crippen LogP contribution in [0.3, 0.4) is 0 Å². The van der Waals surface area contributed by atoms with Gasteiger partial charge >= 0.3 is 0 Å². The summed E-state index contributed by atoms with van der Waals surface area (Å²) in [5.74, 6) is 2.29. The molecule has 1 aromatic heterocycles. The molecule has 0 aliphatic carbocycles. The molecule has 1 aromatic carbocycles. The minimum absolute atomic E-state index is 0. The lowest BCUT2D eigenvalue weighted by Crippen LogP contribution is -2.32. The van der Waals surface area contributed by atoms with Crippen molar-refractivity contribution < 1.29 is 0 Å². The van der Waals surface area contributed by atoms with Gasteiger partial charge in [-0.1, -0.05) is 27.7 Å². The van der Waals surface area contributed by atoms with Gasteiger partial charge in [-0.25, -0.2) is 9.97 Å². The molecule has 21 heavy (non-hydrogen) atoms. The second-order valence-corrected chi connectivity index (χ2v) is 7.30. The van der Waals surface area contributed by atoms with Crippen molar-refractivity contribution in [3.63, 3.8) is 0 Å². The van der Waals surface area contributed by atoms with Gasteiger partial charge in [0.1, 0.15) is 12.1 Å². The molecule has 5 heteroatoms. The van der Waals surface area contributed by atoms with E-state index in [9.17, 15) is 0 Å². The quantitative estimate of drug-likeness (QED) is 0.653. The van der Waals surface area contributed by atoms with Crippen molar-refractivity contribution in [1.29, 1.82) is 0 Å². The Kier molecular flexibility index (Phi) is 7.13. The van der Waals surface area contributed by atoms with Gasteiger partial charge in [-0.05, 0) is 52.6 Å². The van der Waals surface area contributed by atoms with Gasteiger partial charge in [0, 0.05) is 22.0 Å². The average molecular weight is 420 g/mol. The van der Waals surface area contributed by atoms with Crippen LogP contribution in [0.5, 0.6) is 0 Å². The third kappa shape index (κ3) is 4.95. The summed E-state index contributed by atoms with van der Waals surface area (Å²) in [5, 5.41) is 1.15. The summed E-state index contributed by atoms with van der Waals surface area (Å²) in [7, 11) is 0. The van der Waals surface area contributed by atoms with Crippen LogP contribution in [0.25, 0.3) is 10.9 Å². The van der Waals surface area contributed by atoms with E-state index in [1.54, 1.807) is 6.33 Å². The molecular weight excluding hydrogens is 397 g/mol. The van der Waals surface area contributed by atoms with Crippen LogP contribution >= 0.6 is 35.0 Å². The third-order valence-corrected chi connectivity index (χ3v) is 3.72. The maximum Gasteiger partial charge on any atom is 0.139 e. The molecule has 1 heterocycles. The van der Waals surface area contributed by atoms with E-state index >= 15 is 0 Å². The van der Waals surface area contributed by atoms with Crippen LogP contribution in [-0.4, -0.2) is 23.1 Å². The monoisotopic (exact) mass is 419 g/mol. The molecule has 2 rings (SSSR count). The highest BCUT2D eigenvalue weighted by Crippen LogP contribution is 2.26. The summed E-state index contributed by atoms with van der Waals surface area (Å²) in [6.45, 7) is 11.0. The molecule has 0 saturated heterocycles. The van der Waals surface area contributed by atoms with Gasteiger partial charge in [0.15, 0.2) is 0 Å². The lowest BCUT2D eigenvalue weighted by molar-refractivity contribution is 0.550. The summed E-state index contributed by atoms with van der Waals surface area (Å²) in [6, 6.07) is 6.35. The number of rotatable bonds is 5. The van der Waals surface area contributed by atoms with E-state index < -0.39 is 0 Å². The largest absolute Gasteiger partial charge is 0.355 e. The van der Waals surface area contributed by atoms with Gasteiger partial charge in [0.25, 0.3) is 0 Å². The van der Waals surface area contributed by atoms with Crippen molar-refractivity contribution in [3.8, 4) is 0 Å². The van der Waals surface area contributed by atoms with E-state index in [0.717, 1.165) is 29.8 Å². The molecular formula is C16H23ClIN3. The van der Waals surface area contributed by atoms with Crippen molar-refractivity contribution in [2.45, 2.75) is 27.7 Å². The standard InChI is InChI=1S/C16H22IN3.ClH/c1-11(2)8-20(9-12(3)4)16-14-7-13(17)5-6-15(14)18-10-19-16;/h5-7,10-12H,8-9H2,1-4H3;1H. The number of fused-ring (bicyclic) bond motifs is 1. The number of anilines is 1. The lowest BCUT2D eigenvalue weighted by atomic mass is 10.1. The highest BCUT2D eigenvalue weighted by Gasteiger charge is 2.15. The minimum Gasteiger partial charge on any atom is -0.355 e. The molecule has 0 bridgehead atoms. The highest BCUT2D eigenvalue weighted by atomic mass is 127. The van der Waals surface area contributed by atoms with Crippen LogP contribution in [0.1, 0.15) is 27.7 Å². The molecule has 0 aliphatic rings. The van der Waals surface area contributed by atoms with E-state index in [-0.39, 0.29) is 12.4 Å². The zero-order chi connectivity index (χ0) is 14.7. The zero-order valence-corrected chi connectivity index (χ0v) is 16.0. The Labute approximate surface area is 147 Å². The summed E-state index contributed by atoms with van der Waals surface area (Å²) in [6.07, 6.45) is 1.68. The second-order valence-electron chi connectivity index (χ2n) is 6.05. The van der Waals surface area contributed by atoms with E-state index in [2.05, 4.69) is 83.4 Å². The molecule has 0 spiro atoms. The highest BCUT2D eigenvalue weighted by molar-refractivity contribution is 14.1. The maximum atomic E-state index is 4.57. The van der Waals surface area contributed by atoms with E-state index in [0.29, 0.717) is 11.8 Å². The normalized spacial score (nSPS) is 11.0. The summed E-state index contributed by atoms with van der Waals surface area (Å²) in [4.78, 5) is 11.3. The van der Waals surface area contributed by atoms with Crippen LogP contribution in [0.15, 0.2) is 24.5 Å². The van der Waals surface area contributed by atoms with Crippen molar-refractivity contribution in [2.24, 2.45) is 11.8 Å². The SMILES string of the molecule is CC(C)CN(CC(C)C)c1ncnc2ccc(I)cc12.Cl. The van der Waals surface area contributed by atoms with Gasteiger partial charge in [0.05, 0.1) is 5.52 Å². The van der Waals surface area contributed by atoms with Crippen molar-refractivity contribution in [3.05, 3.63) is 28.1 Å². The minimum atomic E-state index is 0. The number of benzene rings is 1. The summed E-state index contributed by atoms with van der Waals surface area (Å²) in [5.41, 5.74) is 1.02. The van der Waals surface area contributed by atoms with Gasteiger partial charge < -0.3 is 4.90 Å². The first-order valence-corrected chi connectivity index (χ1v) is 8.20. The van der Waals surface area contributed by atoms with Crippen molar-refractivity contribution >= 4 is 51.7 Å². The Morgan fingerprint density at radius 3 is 2.24 bits per heavy atom. The smallest absolute Gasteiger partial charge is 0.139 e. The molecule has 2 aromatic rings. The van der Waals surface area contributed by atoms with Crippen LogP contribution in [-0.2, 0) is 0 Å². The molecule has 0 saturated carbocycles. The van der Waals surface area contributed by atoms with E-state index in [1.165, 1.54) is 3.57 Å². The maximum absolute atomic E-state index is 4.57. The molecule has 0 unspecified atom stereocenters. The molecule has 0 aliphatic heterocycles. The molecule has 0 radical (unpaired) electrons. The fraction of sp³-hybridized carbons (Fsp3) is 0.500. The Balaban J connectivity index is 0.00000220. The van der Waals surface area contributed by atoms with Gasteiger partial charge in [-0.15, -0.1) is 12.4 Å². The van der Waals surface area contributed by atoms with Crippen LogP contribution < -0.4 is 4.90 Å². The van der Waals surface area contributed by atoms with E-state index in [1.807, 2.05) is 0 Å². The van der Waals surface area contributed by atoms with Crippen LogP contribution in [0.2, 0.25) is 0 Å². The van der Waals surface area contributed by atoms with Gasteiger partial charge in [0.2, 0.25) is 0 Å². The van der Waals surface area contributed by atoms with Crippen molar-refractivity contribution in [1.82, 2.24) is 9.97 Å². The first-order chi connectivity index (χ1) is 9.47. The van der Waals surface area contributed by atoms with Gasteiger partial charge in [-0.2, -0.15) is 0 Å². The fourth-order valence-corrected chi connectivity index (χ4v) is 2.89. The molecule has 116 valence electrons. The number of hydrogen-bond donors (Lipinski definition) is 0. The number of halogens is 2. The van der Waals surface area contributed by atoms with Crippen LogP contribution in [0, 0.1) is 15.4 Å². The Hall–Kier alpha value is -0.620. The first kappa shape index (κ1) is 18.4. The second kappa shape index (κ2) is 8.13. The number of aromatic nitrogens is 2. The number of nitrogens with zero attached hydrogens (tertiary/aromatic N) is 3. The number of hydrogen-bond acceptors (Lipinski definition) is 3. The van der Waals surface area contributed by atoms with Crippen LogP contribution in [0.4, 0.5) is 5.82 Å². The molecule has 0 atom stereocenters. The van der Waals surface area contributed by atoms with E-state index in [4.69, 9.17) is 0 Å². The molecule has 3 nitrogen and oxygen atoms in total. The molecule has 0 amide bonds. The van der Waals surface area contributed by atoms with Crippen molar-refractivity contribution in [2.75, 3.05) is 18.0 Å². The topological polar surface area (TPSA) is 29.0 Å². The van der Waals surface area contributed by atoms with Gasteiger partial charge in [-0.3, -0.25) is 0 Å². The Morgan fingerprint density at radius 2 is 1.67 bits per heavy atom. The predicted molar refractivity (Wildman–Crippen MR) is 101 cm³/mol. The zero-order valence-electron chi connectivity index (χ0n) is 13.0. The third-order valence-electron chi connectivity index (χ3n) is 3.05. The summed E-state index contributed by atoms with van der Waals surface area (Å²) >= 11 is 2.34. The lowest BCUT2D eigenvalue weighted by Gasteiger charge is -2.28. The fourth-order valence-electron chi connectivity index (χ4n) is 2.40. The molecule has 0 N–H and O–H groups in total. The first-order valence-electron chi connectivity index (χ1n) is 7.12.